The Balaban J connectivity index is 1.76. The van der Waals surface area contributed by atoms with E-state index in [0.29, 0.717) is 11.4 Å². The highest BCUT2D eigenvalue weighted by molar-refractivity contribution is 7.92. The van der Waals surface area contributed by atoms with E-state index in [1.54, 1.807) is 19.1 Å². The van der Waals surface area contributed by atoms with Crippen molar-refractivity contribution in [3.05, 3.63) is 78.1 Å². The molecule has 168 valence electrons. The van der Waals surface area contributed by atoms with Crippen molar-refractivity contribution in [1.82, 2.24) is 0 Å². The number of benzene rings is 3. The molecule has 0 fully saturated rings. The molecule has 1 unspecified atom stereocenters. The molecule has 2 N–H and O–H groups in total. The van der Waals surface area contributed by atoms with Crippen LogP contribution in [0, 0.1) is 12.7 Å². The molecule has 0 spiro atoms. The van der Waals surface area contributed by atoms with Gasteiger partial charge in [0, 0.05) is 5.69 Å². The Bertz CT molecular complexity index is 1210. The van der Waals surface area contributed by atoms with Gasteiger partial charge in [-0.05, 0) is 74.0 Å². The molecule has 0 aliphatic heterocycles. The summed E-state index contributed by atoms with van der Waals surface area (Å²) in [6.07, 6.45) is -0.793. The fourth-order valence-electron chi connectivity index (χ4n) is 2.87. The van der Waals surface area contributed by atoms with E-state index >= 15 is 0 Å². The van der Waals surface area contributed by atoms with E-state index in [4.69, 9.17) is 9.47 Å². The number of sulfonamides is 1. The highest BCUT2D eigenvalue weighted by Crippen LogP contribution is 2.30. The quantitative estimate of drug-likeness (QED) is 0.524. The van der Waals surface area contributed by atoms with E-state index in [-0.39, 0.29) is 16.3 Å². The Kier molecular flexibility index (Phi) is 6.99. The maximum atomic E-state index is 13.1. The van der Waals surface area contributed by atoms with Crippen LogP contribution in [0.3, 0.4) is 0 Å². The van der Waals surface area contributed by atoms with Gasteiger partial charge in [0.25, 0.3) is 15.9 Å². The third kappa shape index (κ3) is 5.76. The van der Waals surface area contributed by atoms with Crippen molar-refractivity contribution < 1.29 is 27.1 Å². The molecule has 3 aromatic rings. The number of methoxy groups -OCH3 is 1. The molecule has 0 bridgehead atoms. The van der Waals surface area contributed by atoms with Crippen LogP contribution in [-0.4, -0.2) is 27.5 Å². The molecule has 3 aromatic carbocycles. The normalized spacial score (nSPS) is 12.0. The third-order valence-electron chi connectivity index (χ3n) is 4.51. The van der Waals surface area contributed by atoms with Crippen molar-refractivity contribution in [2.45, 2.75) is 24.8 Å². The molecule has 1 atom stereocenters. The first-order chi connectivity index (χ1) is 15.2. The Labute approximate surface area is 186 Å². The molecule has 0 radical (unpaired) electrons. The van der Waals surface area contributed by atoms with Crippen molar-refractivity contribution in [3.8, 4) is 11.5 Å². The molecule has 1 amide bonds. The first-order valence-corrected chi connectivity index (χ1v) is 11.2. The number of carbonyl (C=O) groups excluding carboxylic acids is 1. The zero-order valence-electron chi connectivity index (χ0n) is 17.8. The topological polar surface area (TPSA) is 93.7 Å². The highest BCUT2D eigenvalue weighted by Gasteiger charge is 2.19. The molecule has 0 aromatic heterocycles. The van der Waals surface area contributed by atoms with E-state index in [1.807, 2.05) is 25.1 Å². The summed E-state index contributed by atoms with van der Waals surface area (Å²) in [4.78, 5) is 12.4. The summed E-state index contributed by atoms with van der Waals surface area (Å²) >= 11 is 0. The molecule has 0 aliphatic carbocycles. The van der Waals surface area contributed by atoms with Crippen LogP contribution in [0.25, 0.3) is 0 Å². The summed E-state index contributed by atoms with van der Waals surface area (Å²) in [6, 6.07) is 16.3. The molecule has 0 heterocycles. The lowest BCUT2D eigenvalue weighted by molar-refractivity contribution is -0.122. The summed E-state index contributed by atoms with van der Waals surface area (Å²) in [6.45, 7) is 3.53. The van der Waals surface area contributed by atoms with E-state index < -0.39 is 27.9 Å². The second kappa shape index (κ2) is 9.69. The van der Waals surface area contributed by atoms with Crippen LogP contribution in [-0.2, 0) is 14.8 Å². The predicted octanol–water partition coefficient (Wildman–Crippen LogP) is 4.35. The summed E-state index contributed by atoms with van der Waals surface area (Å²) in [5.41, 5.74) is 1.46. The minimum Gasteiger partial charge on any atom is -0.495 e. The van der Waals surface area contributed by atoms with Crippen LogP contribution in [0.5, 0.6) is 11.5 Å². The Morgan fingerprint density at radius 2 is 1.75 bits per heavy atom. The van der Waals surface area contributed by atoms with Crippen LogP contribution >= 0.6 is 0 Å². The number of rotatable bonds is 8. The average molecular weight is 459 g/mol. The van der Waals surface area contributed by atoms with Gasteiger partial charge in [0.2, 0.25) is 0 Å². The van der Waals surface area contributed by atoms with Gasteiger partial charge >= 0.3 is 0 Å². The maximum absolute atomic E-state index is 13.1. The van der Waals surface area contributed by atoms with Crippen molar-refractivity contribution in [1.29, 1.82) is 0 Å². The van der Waals surface area contributed by atoms with Crippen molar-refractivity contribution in [3.63, 3.8) is 0 Å². The number of hydrogen-bond acceptors (Lipinski definition) is 5. The van der Waals surface area contributed by atoms with Gasteiger partial charge in [0.05, 0.1) is 17.7 Å². The molecule has 3 rings (SSSR count). The minimum absolute atomic E-state index is 0.113. The third-order valence-corrected chi connectivity index (χ3v) is 5.89. The maximum Gasteiger partial charge on any atom is 0.265 e. The number of hydrogen-bond donors (Lipinski definition) is 2. The van der Waals surface area contributed by atoms with Crippen LogP contribution in [0.4, 0.5) is 15.8 Å². The SMILES string of the molecule is COc1ccc(NC(=O)C(C)Oc2cccc(C)c2)cc1NS(=O)(=O)c1ccc(F)cc1. The molecule has 0 saturated heterocycles. The monoisotopic (exact) mass is 458 g/mol. The highest BCUT2D eigenvalue weighted by atomic mass is 32.2. The van der Waals surface area contributed by atoms with Gasteiger partial charge in [-0.15, -0.1) is 0 Å². The lowest BCUT2D eigenvalue weighted by atomic mass is 10.2. The van der Waals surface area contributed by atoms with Gasteiger partial charge < -0.3 is 14.8 Å². The van der Waals surface area contributed by atoms with Crippen LogP contribution in [0.2, 0.25) is 0 Å². The fourth-order valence-corrected chi connectivity index (χ4v) is 3.93. The fraction of sp³-hybridized carbons (Fsp3) is 0.174. The van der Waals surface area contributed by atoms with Crippen LogP contribution in [0.15, 0.2) is 71.6 Å². The summed E-state index contributed by atoms with van der Waals surface area (Å²) in [5.74, 6) is -0.148. The Morgan fingerprint density at radius 3 is 2.41 bits per heavy atom. The van der Waals surface area contributed by atoms with Gasteiger partial charge in [-0.3, -0.25) is 9.52 Å². The number of halogens is 1. The Morgan fingerprint density at radius 1 is 1.03 bits per heavy atom. The molecular formula is C23H23FN2O5S. The van der Waals surface area contributed by atoms with E-state index in [2.05, 4.69) is 10.0 Å². The smallest absolute Gasteiger partial charge is 0.265 e. The van der Waals surface area contributed by atoms with Crippen molar-refractivity contribution in [2.24, 2.45) is 0 Å². The minimum atomic E-state index is -4.00. The second-order valence-electron chi connectivity index (χ2n) is 7.04. The lowest BCUT2D eigenvalue weighted by Crippen LogP contribution is -2.30. The first kappa shape index (κ1) is 23.1. The van der Waals surface area contributed by atoms with Gasteiger partial charge in [-0.1, -0.05) is 12.1 Å². The number of aryl methyl sites for hydroxylation is 1. The molecule has 0 aliphatic rings. The van der Waals surface area contributed by atoms with Crippen LogP contribution in [0.1, 0.15) is 12.5 Å². The average Bonchev–Trinajstić information content (AvgIpc) is 2.74. The van der Waals surface area contributed by atoms with Gasteiger partial charge in [0.1, 0.15) is 17.3 Å². The van der Waals surface area contributed by atoms with Gasteiger partial charge in [0.15, 0.2) is 6.10 Å². The van der Waals surface area contributed by atoms with E-state index in [1.165, 1.54) is 19.2 Å². The molecule has 32 heavy (non-hydrogen) atoms. The lowest BCUT2D eigenvalue weighted by Gasteiger charge is -2.17. The number of nitrogens with one attached hydrogen (secondary N) is 2. The molecule has 7 nitrogen and oxygen atoms in total. The summed E-state index contributed by atoms with van der Waals surface area (Å²) in [7, 11) is -2.61. The largest absolute Gasteiger partial charge is 0.495 e. The number of ether oxygens (including phenoxy) is 2. The standard InChI is InChI=1S/C23H23FN2O5S/c1-15-5-4-6-19(13-15)31-16(2)23(27)25-18-9-12-22(30-3)21(14-18)26-32(28,29)20-10-7-17(24)8-11-20/h4-14,16,26H,1-3H3,(H,25,27). The van der Waals surface area contributed by atoms with Gasteiger partial charge in [-0.2, -0.15) is 0 Å². The zero-order valence-corrected chi connectivity index (χ0v) is 18.6. The second-order valence-corrected chi connectivity index (χ2v) is 8.72. The molecule has 0 saturated carbocycles. The zero-order chi connectivity index (χ0) is 23.3. The van der Waals surface area contributed by atoms with Crippen molar-refractivity contribution in [2.75, 3.05) is 17.1 Å². The van der Waals surface area contributed by atoms with Crippen molar-refractivity contribution >= 4 is 27.3 Å². The Hall–Kier alpha value is -3.59. The predicted molar refractivity (Wildman–Crippen MR) is 120 cm³/mol. The summed E-state index contributed by atoms with van der Waals surface area (Å²) in [5, 5.41) is 2.70. The molecule has 9 heteroatoms. The van der Waals surface area contributed by atoms with E-state index in [0.717, 1.165) is 29.8 Å². The van der Waals surface area contributed by atoms with Gasteiger partial charge in [-0.25, -0.2) is 12.8 Å². The summed E-state index contributed by atoms with van der Waals surface area (Å²) < 4.78 is 51.7. The number of amides is 1. The number of carbonyl (C=O) groups is 1. The number of anilines is 2. The van der Waals surface area contributed by atoms with Crippen LogP contribution < -0.4 is 19.5 Å². The first-order valence-electron chi connectivity index (χ1n) is 9.68. The molecular weight excluding hydrogens is 435 g/mol. The van der Waals surface area contributed by atoms with E-state index in [9.17, 15) is 17.6 Å².